The third-order valence-electron chi connectivity index (χ3n) is 11.1. The number of rotatable bonds is 4. The van der Waals surface area contributed by atoms with Crippen LogP contribution in [-0.2, 0) is 0 Å². The van der Waals surface area contributed by atoms with E-state index >= 15 is 0 Å². The highest BCUT2D eigenvalue weighted by molar-refractivity contribution is 5.11. The Morgan fingerprint density at radius 2 is 1.48 bits per heavy atom. The van der Waals surface area contributed by atoms with Crippen LogP contribution in [0.1, 0.15) is 99.3 Å². The minimum absolute atomic E-state index is 0.0183. The summed E-state index contributed by atoms with van der Waals surface area (Å²) in [5.74, 6) is 6.66. The SMILES string of the molecule is CC(C)[C@@H](C)/C=C/[C@@H](C)C1CCC2C3CCC4CC(O)CC[C@]4(C)C3CC[C@@]21C. The lowest BCUT2D eigenvalue weighted by atomic mass is 9.44. The van der Waals surface area contributed by atoms with Crippen LogP contribution in [0.15, 0.2) is 12.2 Å². The summed E-state index contributed by atoms with van der Waals surface area (Å²) in [6.45, 7) is 14.9. The van der Waals surface area contributed by atoms with Crippen molar-refractivity contribution in [3.05, 3.63) is 12.2 Å². The van der Waals surface area contributed by atoms with Crippen molar-refractivity contribution in [1.29, 1.82) is 0 Å². The molecule has 0 saturated heterocycles. The van der Waals surface area contributed by atoms with E-state index in [-0.39, 0.29) is 6.10 Å². The molecule has 0 radical (unpaired) electrons. The molecule has 1 N–H and O–H groups in total. The van der Waals surface area contributed by atoms with E-state index in [4.69, 9.17) is 0 Å². The lowest BCUT2D eigenvalue weighted by molar-refractivity contribution is -0.128. The molecule has 10 atom stereocenters. The summed E-state index contributed by atoms with van der Waals surface area (Å²) in [5, 5.41) is 10.3. The largest absolute Gasteiger partial charge is 0.393 e. The predicted molar refractivity (Wildman–Crippen MR) is 124 cm³/mol. The van der Waals surface area contributed by atoms with Crippen molar-refractivity contribution in [3.8, 4) is 0 Å². The normalized spacial score (nSPS) is 49.5. The van der Waals surface area contributed by atoms with E-state index in [1.54, 1.807) is 0 Å². The zero-order valence-electron chi connectivity index (χ0n) is 20.2. The topological polar surface area (TPSA) is 20.2 Å². The highest BCUT2D eigenvalue weighted by Crippen LogP contribution is 2.68. The minimum atomic E-state index is -0.0183. The molecule has 4 fully saturated rings. The van der Waals surface area contributed by atoms with Gasteiger partial charge in [-0.2, -0.15) is 0 Å². The standard InChI is InChI=1S/C28H48O/c1-18(2)19(3)7-8-20(4)24-11-12-25-23-10-9-21-17-22(29)13-15-27(21,5)26(23)14-16-28(24,25)6/h7-8,18-26,29H,9-17H2,1-6H3/b8-7+/t19-,20+,21?,22?,23?,24?,25?,26?,27-,28+/m0/s1. The van der Waals surface area contributed by atoms with Gasteiger partial charge in [0.1, 0.15) is 0 Å². The Kier molecular flexibility index (Phi) is 6.04. The van der Waals surface area contributed by atoms with Crippen LogP contribution in [0, 0.1) is 58.2 Å². The van der Waals surface area contributed by atoms with Gasteiger partial charge in [-0.25, -0.2) is 0 Å². The second kappa shape index (κ2) is 7.99. The first-order valence-corrected chi connectivity index (χ1v) is 13.0. The molecule has 29 heavy (non-hydrogen) atoms. The number of fused-ring (bicyclic) bond motifs is 5. The molecule has 0 aromatic carbocycles. The first kappa shape index (κ1) is 21.9. The van der Waals surface area contributed by atoms with Crippen LogP contribution >= 0.6 is 0 Å². The first-order valence-electron chi connectivity index (χ1n) is 13.0. The van der Waals surface area contributed by atoms with Gasteiger partial charge in [0.25, 0.3) is 0 Å². The predicted octanol–water partition coefficient (Wildman–Crippen LogP) is 7.49. The Balaban J connectivity index is 1.50. The van der Waals surface area contributed by atoms with Gasteiger partial charge in [0, 0.05) is 0 Å². The number of aliphatic hydroxyl groups excluding tert-OH is 1. The van der Waals surface area contributed by atoms with E-state index in [1.807, 2.05) is 0 Å². The summed E-state index contributed by atoms with van der Waals surface area (Å²) in [6, 6.07) is 0. The highest BCUT2D eigenvalue weighted by atomic mass is 16.3. The molecule has 1 nitrogen and oxygen atoms in total. The average Bonchev–Trinajstić information content (AvgIpc) is 3.03. The number of allylic oxidation sites excluding steroid dienone is 2. The molecule has 4 rings (SSSR count). The van der Waals surface area contributed by atoms with E-state index in [9.17, 15) is 5.11 Å². The van der Waals surface area contributed by atoms with Crippen LogP contribution in [0.5, 0.6) is 0 Å². The summed E-state index contributed by atoms with van der Waals surface area (Å²) >= 11 is 0. The number of hydrogen-bond donors (Lipinski definition) is 1. The van der Waals surface area contributed by atoms with Gasteiger partial charge in [-0.3, -0.25) is 0 Å². The maximum Gasteiger partial charge on any atom is 0.0543 e. The van der Waals surface area contributed by atoms with Crippen molar-refractivity contribution in [2.24, 2.45) is 58.2 Å². The summed E-state index contributed by atoms with van der Waals surface area (Å²) < 4.78 is 0. The molecule has 0 aliphatic heterocycles. The van der Waals surface area contributed by atoms with Gasteiger partial charge < -0.3 is 5.11 Å². The summed E-state index contributed by atoms with van der Waals surface area (Å²) in [6.07, 6.45) is 17.1. The van der Waals surface area contributed by atoms with Crippen molar-refractivity contribution in [3.63, 3.8) is 0 Å². The maximum atomic E-state index is 10.3. The molecule has 0 aromatic heterocycles. The Hall–Kier alpha value is -0.300. The third-order valence-corrected chi connectivity index (χ3v) is 11.1. The van der Waals surface area contributed by atoms with Crippen molar-refractivity contribution in [2.75, 3.05) is 0 Å². The van der Waals surface area contributed by atoms with Gasteiger partial charge in [-0.05, 0) is 116 Å². The van der Waals surface area contributed by atoms with Crippen molar-refractivity contribution < 1.29 is 5.11 Å². The first-order chi connectivity index (χ1) is 13.7. The van der Waals surface area contributed by atoms with Crippen LogP contribution in [0.2, 0.25) is 0 Å². The highest BCUT2D eigenvalue weighted by Gasteiger charge is 2.60. The summed E-state index contributed by atoms with van der Waals surface area (Å²) in [7, 11) is 0. The Labute approximate surface area is 181 Å². The zero-order valence-corrected chi connectivity index (χ0v) is 20.2. The van der Waals surface area contributed by atoms with Gasteiger partial charge >= 0.3 is 0 Å². The molecule has 6 unspecified atom stereocenters. The van der Waals surface area contributed by atoms with Crippen LogP contribution in [-0.4, -0.2) is 11.2 Å². The van der Waals surface area contributed by atoms with Crippen LogP contribution in [0.25, 0.3) is 0 Å². The molecule has 0 heterocycles. The zero-order chi connectivity index (χ0) is 21.0. The molecule has 0 spiro atoms. The fourth-order valence-corrected chi connectivity index (χ4v) is 8.85. The van der Waals surface area contributed by atoms with Crippen molar-refractivity contribution in [2.45, 2.75) is 105 Å². The molecule has 166 valence electrons. The molecule has 4 saturated carbocycles. The molecule has 4 aliphatic rings. The molecule has 0 amide bonds. The van der Waals surface area contributed by atoms with Gasteiger partial charge in [0.15, 0.2) is 0 Å². The van der Waals surface area contributed by atoms with E-state index in [2.05, 4.69) is 53.7 Å². The Bertz CT molecular complexity index is 607. The van der Waals surface area contributed by atoms with Crippen LogP contribution in [0.4, 0.5) is 0 Å². The molecule has 1 heteroatoms. The van der Waals surface area contributed by atoms with Crippen LogP contribution in [0.3, 0.4) is 0 Å². The summed E-state index contributed by atoms with van der Waals surface area (Å²) in [5.41, 5.74) is 1.07. The Morgan fingerprint density at radius 3 is 2.21 bits per heavy atom. The number of aliphatic hydroxyl groups is 1. The van der Waals surface area contributed by atoms with E-state index in [0.717, 1.165) is 54.3 Å². The fraction of sp³-hybridized carbons (Fsp3) is 0.929. The van der Waals surface area contributed by atoms with Crippen molar-refractivity contribution >= 4 is 0 Å². The maximum absolute atomic E-state index is 10.3. The van der Waals surface area contributed by atoms with Crippen molar-refractivity contribution in [1.82, 2.24) is 0 Å². The Morgan fingerprint density at radius 1 is 0.793 bits per heavy atom. The van der Waals surface area contributed by atoms with E-state index in [0.29, 0.717) is 16.7 Å². The molecular formula is C28H48O. The van der Waals surface area contributed by atoms with Crippen LogP contribution < -0.4 is 0 Å². The lowest BCUT2D eigenvalue weighted by Crippen LogP contribution is -2.54. The van der Waals surface area contributed by atoms with E-state index in [1.165, 1.54) is 44.9 Å². The minimum Gasteiger partial charge on any atom is -0.393 e. The second-order valence-electron chi connectivity index (χ2n) is 12.7. The van der Waals surface area contributed by atoms with Gasteiger partial charge in [-0.15, -0.1) is 0 Å². The number of hydrogen-bond acceptors (Lipinski definition) is 1. The van der Waals surface area contributed by atoms with Gasteiger partial charge in [0.05, 0.1) is 6.10 Å². The van der Waals surface area contributed by atoms with Gasteiger partial charge in [0.2, 0.25) is 0 Å². The fourth-order valence-electron chi connectivity index (χ4n) is 8.85. The third kappa shape index (κ3) is 3.66. The van der Waals surface area contributed by atoms with Gasteiger partial charge in [-0.1, -0.05) is 53.7 Å². The second-order valence-corrected chi connectivity index (χ2v) is 12.7. The quantitative estimate of drug-likeness (QED) is 0.485. The monoisotopic (exact) mass is 400 g/mol. The van der Waals surface area contributed by atoms with E-state index < -0.39 is 0 Å². The molecule has 0 bridgehead atoms. The smallest absolute Gasteiger partial charge is 0.0543 e. The molecule has 0 aromatic rings. The lowest BCUT2D eigenvalue weighted by Gasteiger charge is -2.61. The molecule has 4 aliphatic carbocycles. The molecular weight excluding hydrogens is 352 g/mol. The average molecular weight is 401 g/mol. The summed E-state index contributed by atoms with van der Waals surface area (Å²) in [4.78, 5) is 0.